The van der Waals surface area contributed by atoms with Gasteiger partial charge in [0.1, 0.15) is 0 Å². The lowest BCUT2D eigenvalue weighted by atomic mass is 10.3. The number of halogens is 3. The van der Waals surface area contributed by atoms with Crippen molar-refractivity contribution in [3.8, 4) is 0 Å². The van der Waals surface area contributed by atoms with Crippen LogP contribution in [0.15, 0.2) is 4.47 Å². The van der Waals surface area contributed by atoms with E-state index in [1.807, 2.05) is 0 Å². The van der Waals surface area contributed by atoms with Gasteiger partial charge in [-0.15, -0.1) is 11.3 Å². The molecule has 0 unspecified atom stereocenters. The molecular formula is C7H7BrF2O2S. The highest BCUT2D eigenvalue weighted by molar-refractivity contribution is 9.10. The van der Waals surface area contributed by atoms with Gasteiger partial charge in [0.15, 0.2) is 6.29 Å². The van der Waals surface area contributed by atoms with Gasteiger partial charge < -0.3 is 5.48 Å². The van der Waals surface area contributed by atoms with E-state index in [9.17, 15) is 13.6 Å². The van der Waals surface area contributed by atoms with Gasteiger partial charge in [-0.25, -0.2) is 8.78 Å². The third-order valence-corrected chi connectivity index (χ3v) is 3.95. The minimum Gasteiger partial charge on any atom is -0.412 e. The Hall–Kier alpha value is -0.330. The minimum absolute atomic E-state index is 0. The monoisotopic (exact) mass is 272 g/mol. The summed E-state index contributed by atoms with van der Waals surface area (Å²) >= 11 is 3.84. The lowest BCUT2D eigenvalue weighted by molar-refractivity contribution is 0.112. The van der Waals surface area contributed by atoms with Gasteiger partial charge in [-0.3, -0.25) is 4.79 Å². The summed E-state index contributed by atoms with van der Waals surface area (Å²) in [4.78, 5) is 10.6. The van der Waals surface area contributed by atoms with Crippen LogP contribution >= 0.6 is 27.3 Å². The van der Waals surface area contributed by atoms with Gasteiger partial charge in [0.2, 0.25) is 0 Å². The van der Waals surface area contributed by atoms with Crippen LogP contribution in [0.3, 0.4) is 0 Å². The maximum absolute atomic E-state index is 12.2. The molecule has 0 aliphatic heterocycles. The average Bonchev–Trinajstić information content (AvgIpc) is 2.30. The summed E-state index contributed by atoms with van der Waals surface area (Å²) < 4.78 is 24.8. The molecule has 0 saturated heterocycles. The Morgan fingerprint density at radius 1 is 1.54 bits per heavy atom. The first-order valence-corrected chi connectivity index (χ1v) is 4.71. The molecule has 0 aliphatic carbocycles. The molecule has 0 spiro atoms. The van der Waals surface area contributed by atoms with Crippen LogP contribution in [0.4, 0.5) is 8.78 Å². The zero-order valence-corrected chi connectivity index (χ0v) is 9.01. The number of aldehydes is 1. The van der Waals surface area contributed by atoms with Gasteiger partial charge in [-0.05, 0) is 28.4 Å². The second-order valence-electron chi connectivity index (χ2n) is 2.19. The van der Waals surface area contributed by atoms with E-state index in [1.165, 1.54) is 0 Å². The Morgan fingerprint density at radius 3 is 2.31 bits per heavy atom. The van der Waals surface area contributed by atoms with Crippen molar-refractivity contribution in [1.82, 2.24) is 0 Å². The molecule has 1 aromatic rings. The molecule has 74 valence electrons. The second kappa shape index (κ2) is 4.78. The quantitative estimate of drug-likeness (QED) is 0.764. The normalized spacial score (nSPS) is 9.92. The van der Waals surface area contributed by atoms with Gasteiger partial charge in [-0.1, -0.05) is 0 Å². The topological polar surface area (TPSA) is 48.6 Å². The number of carbonyl (C=O) groups excluding carboxylic acids is 1. The van der Waals surface area contributed by atoms with E-state index in [2.05, 4.69) is 15.9 Å². The van der Waals surface area contributed by atoms with Crippen LogP contribution < -0.4 is 0 Å². The highest BCUT2D eigenvalue weighted by Gasteiger charge is 2.19. The minimum atomic E-state index is -2.52. The number of hydrogen-bond donors (Lipinski definition) is 0. The molecule has 2 N–H and O–H groups in total. The second-order valence-corrected chi connectivity index (χ2v) is 4.06. The van der Waals surface area contributed by atoms with Crippen molar-refractivity contribution >= 4 is 33.6 Å². The van der Waals surface area contributed by atoms with E-state index in [1.54, 1.807) is 6.92 Å². The van der Waals surface area contributed by atoms with Gasteiger partial charge in [-0.2, -0.15) is 0 Å². The molecule has 0 radical (unpaired) electrons. The first-order chi connectivity index (χ1) is 5.57. The maximum atomic E-state index is 12.2. The summed E-state index contributed by atoms with van der Waals surface area (Å²) in [5.74, 6) is 0. The molecule has 0 saturated carbocycles. The lowest BCUT2D eigenvalue weighted by Gasteiger charge is -1.93. The van der Waals surface area contributed by atoms with Gasteiger partial charge in [0.25, 0.3) is 6.43 Å². The van der Waals surface area contributed by atoms with Crippen molar-refractivity contribution in [3.05, 3.63) is 19.8 Å². The largest absolute Gasteiger partial charge is 0.412 e. The molecular weight excluding hydrogens is 266 g/mol. The first kappa shape index (κ1) is 12.7. The van der Waals surface area contributed by atoms with Crippen LogP contribution in [0.2, 0.25) is 0 Å². The van der Waals surface area contributed by atoms with E-state index in [4.69, 9.17) is 0 Å². The van der Waals surface area contributed by atoms with E-state index < -0.39 is 6.43 Å². The molecule has 13 heavy (non-hydrogen) atoms. The smallest absolute Gasteiger partial charge is 0.273 e. The maximum Gasteiger partial charge on any atom is 0.273 e. The Bertz CT molecular complexity index is 312. The van der Waals surface area contributed by atoms with Gasteiger partial charge in [0, 0.05) is 4.47 Å². The van der Waals surface area contributed by atoms with Crippen molar-refractivity contribution in [2.24, 2.45) is 0 Å². The fourth-order valence-corrected chi connectivity index (χ4v) is 2.42. The van der Waals surface area contributed by atoms with Crippen LogP contribution in [0.25, 0.3) is 0 Å². The summed E-state index contributed by atoms with van der Waals surface area (Å²) in [7, 11) is 0. The van der Waals surface area contributed by atoms with Crippen LogP contribution in [0.5, 0.6) is 0 Å². The summed E-state index contributed by atoms with van der Waals surface area (Å²) in [5, 5.41) is 0. The van der Waals surface area contributed by atoms with Crippen LogP contribution in [-0.2, 0) is 0 Å². The van der Waals surface area contributed by atoms with Crippen LogP contribution in [0, 0.1) is 6.92 Å². The summed E-state index contributed by atoms with van der Waals surface area (Å²) in [5.41, 5.74) is 0.588. The SMILES string of the molecule is Cc1c(C=O)sc(C(F)F)c1Br.O. The molecule has 1 rings (SSSR count). The molecule has 6 heteroatoms. The average molecular weight is 273 g/mol. The van der Waals surface area contributed by atoms with Crippen molar-refractivity contribution in [2.45, 2.75) is 13.3 Å². The fourth-order valence-electron chi connectivity index (χ4n) is 0.786. The number of rotatable bonds is 2. The summed E-state index contributed by atoms with van der Waals surface area (Å²) in [6, 6.07) is 0. The van der Waals surface area contributed by atoms with Crippen molar-refractivity contribution in [3.63, 3.8) is 0 Å². The molecule has 2 nitrogen and oxygen atoms in total. The zero-order chi connectivity index (χ0) is 9.30. The van der Waals surface area contributed by atoms with Gasteiger partial charge in [0.05, 0.1) is 9.75 Å². The van der Waals surface area contributed by atoms with Crippen LogP contribution in [-0.4, -0.2) is 11.8 Å². The van der Waals surface area contributed by atoms with E-state index >= 15 is 0 Å². The summed E-state index contributed by atoms with van der Waals surface area (Å²) in [6.45, 7) is 1.64. The van der Waals surface area contributed by atoms with Crippen molar-refractivity contribution in [1.29, 1.82) is 0 Å². The van der Waals surface area contributed by atoms with E-state index in [-0.39, 0.29) is 10.4 Å². The molecule has 1 heterocycles. The Kier molecular flexibility index (Phi) is 4.66. The standard InChI is InChI=1S/C7H5BrF2OS.H2O/c1-3-4(2-11)12-6(5(3)8)7(9)10;/h2,7H,1H3;1H2. The first-order valence-electron chi connectivity index (χ1n) is 3.10. The number of carbonyl (C=O) groups is 1. The molecule has 0 aromatic carbocycles. The number of alkyl halides is 2. The number of thiophene rings is 1. The molecule has 0 amide bonds. The van der Waals surface area contributed by atoms with Crippen molar-refractivity contribution in [2.75, 3.05) is 0 Å². The Balaban J connectivity index is 0.00000144. The van der Waals surface area contributed by atoms with Crippen molar-refractivity contribution < 1.29 is 19.1 Å². The summed E-state index contributed by atoms with van der Waals surface area (Å²) in [6.07, 6.45) is -1.92. The Morgan fingerprint density at radius 2 is 2.08 bits per heavy atom. The molecule has 1 aromatic heterocycles. The third-order valence-electron chi connectivity index (χ3n) is 1.44. The predicted molar refractivity (Wildman–Crippen MR) is 50.7 cm³/mol. The third kappa shape index (κ3) is 2.32. The molecule has 0 atom stereocenters. The molecule has 0 bridgehead atoms. The van der Waals surface area contributed by atoms with E-state index in [0.29, 0.717) is 21.2 Å². The van der Waals surface area contributed by atoms with Gasteiger partial charge >= 0.3 is 0 Å². The highest BCUT2D eigenvalue weighted by Crippen LogP contribution is 2.37. The fraction of sp³-hybridized carbons (Fsp3) is 0.286. The van der Waals surface area contributed by atoms with Crippen LogP contribution in [0.1, 0.15) is 26.5 Å². The lowest BCUT2D eigenvalue weighted by Crippen LogP contribution is -1.78. The van der Waals surface area contributed by atoms with E-state index in [0.717, 1.165) is 11.3 Å². The predicted octanol–water partition coefficient (Wildman–Crippen LogP) is 2.74. The molecule has 0 aliphatic rings. The number of hydrogen-bond acceptors (Lipinski definition) is 2. The zero-order valence-electron chi connectivity index (χ0n) is 6.61. The highest BCUT2D eigenvalue weighted by atomic mass is 79.9. The molecule has 0 fully saturated rings. The Labute approximate surface area is 86.0 Å².